The van der Waals surface area contributed by atoms with E-state index in [1.165, 1.54) is 18.9 Å². The number of rotatable bonds is 5. The van der Waals surface area contributed by atoms with E-state index in [1.54, 1.807) is 6.92 Å². The molecule has 7 nitrogen and oxygen atoms in total. The molecule has 0 spiro atoms. The third-order valence-corrected chi connectivity index (χ3v) is 7.03. The number of carbonyl (C=O) groups is 1. The summed E-state index contributed by atoms with van der Waals surface area (Å²) in [5, 5.41) is 3.05. The highest BCUT2D eigenvalue weighted by molar-refractivity contribution is 6.09. The zero-order valence-electron chi connectivity index (χ0n) is 20.8. The zero-order chi connectivity index (χ0) is 25.7. The summed E-state index contributed by atoms with van der Waals surface area (Å²) in [5.74, 6) is 1.30. The summed E-state index contributed by atoms with van der Waals surface area (Å²) < 4.78 is 11.4. The lowest BCUT2D eigenvalue weighted by atomic mass is 9.85. The maximum absolute atomic E-state index is 12.4. The Kier molecular flexibility index (Phi) is 5.48. The quantitative estimate of drug-likeness (QED) is 0.364. The number of nitrogens with one attached hydrogen (secondary N) is 1. The van der Waals surface area contributed by atoms with Crippen LogP contribution >= 0.6 is 0 Å². The number of benzene rings is 3. The van der Waals surface area contributed by atoms with Crippen LogP contribution in [0.1, 0.15) is 23.6 Å². The first-order valence-electron chi connectivity index (χ1n) is 12.2. The molecule has 0 atom stereocenters. The summed E-state index contributed by atoms with van der Waals surface area (Å²) >= 11 is 0. The van der Waals surface area contributed by atoms with E-state index >= 15 is 0 Å². The van der Waals surface area contributed by atoms with Gasteiger partial charge in [0.05, 0.1) is 24.8 Å². The largest absolute Gasteiger partial charge is 0.493 e. The lowest BCUT2D eigenvalue weighted by Crippen LogP contribution is -2.11. The molecule has 0 unspecified atom stereocenters. The van der Waals surface area contributed by atoms with Gasteiger partial charge in [0.2, 0.25) is 5.88 Å². The molecule has 6 rings (SSSR count). The van der Waals surface area contributed by atoms with E-state index in [1.807, 2.05) is 25.3 Å². The average molecular weight is 492 g/mol. The molecule has 184 valence electrons. The van der Waals surface area contributed by atoms with Crippen LogP contribution in [0.2, 0.25) is 0 Å². The molecule has 3 aromatic carbocycles. The number of Topliss-reactive ketones (excluding diaryl/α,β-unsaturated/α-hetero) is 1. The molecule has 0 saturated carbocycles. The van der Waals surface area contributed by atoms with Gasteiger partial charge in [-0.3, -0.25) is 14.8 Å². The fraction of sp³-hybridized carbons (Fsp3) is 0.200. The van der Waals surface area contributed by atoms with Gasteiger partial charge in [0.25, 0.3) is 0 Å². The lowest BCUT2D eigenvalue weighted by Gasteiger charge is -2.22. The van der Waals surface area contributed by atoms with Crippen molar-refractivity contribution in [3.8, 4) is 33.9 Å². The molecule has 5 aromatic rings. The van der Waals surface area contributed by atoms with Crippen LogP contribution in [0, 0.1) is 6.92 Å². The average Bonchev–Trinajstić information content (AvgIpc) is 2.89. The predicted octanol–water partition coefficient (Wildman–Crippen LogP) is 5.19. The van der Waals surface area contributed by atoms with Gasteiger partial charge >= 0.3 is 5.69 Å². The molecule has 37 heavy (non-hydrogen) atoms. The van der Waals surface area contributed by atoms with Crippen molar-refractivity contribution in [2.24, 2.45) is 0 Å². The Morgan fingerprint density at radius 1 is 1.11 bits per heavy atom. The topological polar surface area (TPSA) is 94.2 Å². The summed E-state index contributed by atoms with van der Waals surface area (Å²) in [6, 6.07) is 14.3. The second-order valence-electron chi connectivity index (χ2n) is 9.40. The lowest BCUT2D eigenvalue weighted by molar-refractivity contribution is -0.116. The summed E-state index contributed by atoms with van der Waals surface area (Å²) in [5.41, 5.74) is 7.19. The van der Waals surface area contributed by atoms with Crippen molar-refractivity contribution in [1.29, 1.82) is 0 Å². The number of ether oxygens (including phenoxy) is 2. The number of aromatic nitrogens is 3. The van der Waals surface area contributed by atoms with Crippen LogP contribution in [-0.2, 0) is 17.6 Å². The summed E-state index contributed by atoms with van der Waals surface area (Å²) in [4.78, 5) is 35.4. The van der Waals surface area contributed by atoms with Gasteiger partial charge in [-0.1, -0.05) is 18.2 Å². The minimum absolute atomic E-state index is 0.100. The van der Waals surface area contributed by atoms with E-state index in [4.69, 9.17) is 14.5 Å². The first-order chi connectivity index (χ1) is 17.9. The van der Waals surface area contributed by atoms with Crippen molar-refractivity contribution in [2.75, 3.05) is 13.7 Å². The van der Waals surface area contributed by atoms with Crippen LogP contribution < -0.4 is 15.2 Å². The predicted molar refractivity (Wildman–Crippen MR) is 143 cm³/mol. The maximum atomic E-state index is 12.4. The van der Waals surface area contributed by atoms with E-state index in [-0.39, 0.29) is 5.78 Å². The van der Waals surface area contributed by atoms with Crippen molar-refractivity contribution in [3.05, 3.63) is 82.0 Å². The van der Waals surface area contributed by atoms with E-state index in [2.05, 4.69) is 40.3 Å². The van der Waals surface area contributed by atoms with E-state index in [0.29, 0.717) is 24.5 Å². The highest BCUT2D eigenvalue weighted by Crippen LogP contribution is 2.43. The normalized spacial score (nSPS) is 12.5. The number of nitrogens with zero attached hydrogens (tertiary/aromatic N) is 2. The summed E-state index contributed by atoms with van der Waals surface area (Å²) in [6.07, 6.45) is 4.54. The molecule has 0 fully saturated rings. The number of aryl methyl sites for hydroxylation is 1. The van der Waals surface area contributed by atoms with Gasteiger partial charge in [-0.15, -0.1) is 0 Å². The van der Waals surface area contributed by atoms with E-state index < -0.39 is 5.69 Å². The first-order valence-corrected chi connectivity index (χ1v) is 12.2. The second-order valence-corrected chi connectivity index (χ2v) is 9.40. The van der Waals surface area contributed by atoms with Crippen LogP contribution in [-0.4, -0.2) is 34.5 Å². The van der Waals surface area contributed by atoms with Gasteiger partial charge in [0.1, 0.15) is 11.5 Å². The SMILES string of the molecule is COc1[nH]c(=O)ncc1-c1ccc2c(-c3ccc4c5c(ccnc35)CCO4)c(CC(C)=O)c(C)cc2c1. The Hall–Kier alpha value is -4.52. The second kappa shape index (κ2) is 8.85. The van der Waals surface area contributed by atoms with Crippen molar-refractivity contribution >= 4 is 27.5 Å². The number of carbonyl (C=O) groups excluding carboxylic acids is 1. The Morgan fingerprint density at radius 3 is 2.78 bits per heavy atom. The Bertz CT molecular complexity index is 1780. The molecule has 0 aliphatic carbocycles. The molecule has 0 amide bonds. The molecule has 2 aromatic heterocycles. The Balaban J connectivity index is 1.66. The Labute approximate surface area is 213 Å². The smallest absolute Gasteiger partial charge is 0.347 e. The molecule has 1 aliphatic heterocycles. The van der Waals surface area contributed by atoms with Gasteiger partial charge in [-0.25, -0.2) is 9.78 Å². The summed E-state index contributed by atoms with van der Waals surface area (Å²) in [7, 11) is 1.51. The number of aromatic amines is 1. The zero-order valence-corrected chi connectivity index (χ0v) is 20.8. The van der Waals surface area contributed by atoms with Gasteiger partial charge in [-0.05, 0) is 76.7 Å². The van der Waals surface area contributed by atoms with Crippen LogP contribution in [0.25, 0.3) is 43.9 Å². The highest BCUT2D eigenvalue weighted by atomic mass is 16.5. The van der Waals surface area contributed by atoms with Crippen molar-refractivity contribution in [1.82, 2.24) is 15.0 Å². The molecule has 1 aliphatic rings. The molecule has 1 N–H and O–H groups in total. The fourth-order valence-electron chi connectivity index (χ4n) is 5.39. The van der Waals surface area contributed by atoms with Crippen LogP contribution in [0.15, 0.2) is 59.7 Å². The van der Waals surface area contributed by atoms with E-state index in [9.17, 15) is 9.59 Å². The van der Waals surface area contributed by atoms with E-state index in [0.717, 1.165) is 61.7 Å². The number of methoxy groups -OCH3 is 1. The minimum Gasteiger partial charge on any atom is -0.493 e. The van der Waals surface area contributed by atoms with Gasteiger partial charge in [-0.2, -0.15) is 0 Å². The molecule has 0 radical (unpaired) electrons. The molecule has 3 heterocycles. The number of ketones is 1. The van der Waals surface area contributed by atoms with Crippen molar-refractivity contribution in [2.45, 2.75) is 26.7 Å². The first kappa shape index (κ1) is 22.9. The minimum atomic E-state index is -0.465. The third kappa shape index (κ3) is 3.83. The number of hydrogen-bond acceptors (Lipinski definition) is 6. The Morgan fingerprint density at radius 2 is 1.97 bits per heavy atom. The van der Waals surface area contributed by atoms with Crippen molar-refractivity contribution in [3.63, 3.8) is 0 Å². The number of pyridine rings is 1. The summed E-state index contributed by atoms with van der Waals surface area (Å²) in [6.45, 7) is 4.31. The monoisotopic (exact) mass is 491 g/mol. The molecular formula is C30H25N3O4. The molecule has 0 bridgehead atoms. The van der Waals surface area contributed by atoms with Crippen LogP contribution in [0.4, 0.5) is 0 Å². The number of fused-ring (bicyclic) bond motifs is 1. The maximum Gasteiger partial charge on any atom is 0.347 e. The fourth-order valence-corrected chi connectivity index (χ4v) is 5.39. The number of hydrogen-bond donors (Lipinski definition) is 1. The third-order valence-electron chi connectivity index (χ3n) is 7.03. The highest BCUT2D eigenvalue weighted by Gasteiger charge is 2.22. The molecule has 0 saturated heterocycles. The van der Waals surface area contributed by atoms with Crippen LogP contribution in [0.5, 0.6) is 11.6 Å². The number of H-pyrrole nitrogens is 1. The van der Waals surface area contributed by atoms with Gasteiger partial charge in [0, 0.05) is 36.2 Å². The molecular weight excluding hydrogens is 466 g/mol. The van der Waals surface area contributed by atoms with Gasteiger partial charge in [0.15, 0.2) is 0 Å². The standard InChI is InChI=1S/C30H25N3O4/c1-16-12-20-14-19(24-15-32-30(35)33-29(24)36-3)4-5-21(20)27(23(16)13-17(2)34)22-6-7-25-26-18(9-11-37-25)8-10-31-28(22)26/h4-8,10,12,14-15H,9,11,13H2,1-3H3,(H,32,33,35). The van der Waals surface area contributed by atoms with Gasteiger partial charge < -0.3 is 9.47 Å². The van der Waals surface area contributed by atoms with Crippen LogP contribution in [0.3, 0.4) is 0 Å². The molecule has 7 heteroatoms. The van der Waals surface area contributed by atoms with Crippen molar-refractivity contribution < 1.29 is 14.3 Å².